The number of halogens is 2. The third kappa shape index (κ3) is 3.16. The van der Waals surface area contributed by atoms with Gasteiger partial charge in [0.1, 0.15) is 23.0 Å². The highest BCUT2D eigenvalue weighted by Gasteiger charge is 2.26. The van der Waals surface area contributed by atoms with Crippen molar-refractivity contribution in [2.45, 2.75) is 6.92 Å². The van der Waals surface area contributed by atoms with Gasteiger partial charge in [-0.25, -0.2) is 13.8 Å². The fourth-order valence-corrected chi connectivity index (χ4v) is 2.65. The number of pyridine rings is 1. The average molecular weight is 317 g/mol. The molecule has 0 saturated carbocycles. The number of piperazine rings is 1. The molecule has 2 aromatic rings. The Labute approximate surface area is 133 Å². The molecule has 6 heteroatoms. The van der Waals surface area contributed by atoms with Crippen LogP contribution in [-0.2, 0) is 0 Å². The van der Waals surface area contributed by atoms with Crippen LogP contribution in [0.3, 0.4) is 0 Å². The predicted molar refractivity (Wildman–Crippen MR) is 83.4 cm³/mol. The van der Waals surface area contributed by atoms with Gasteiger partial charge in [0.2, 0.25) is 0 Å². The van der Waals surface area contributed by atoms with Crippen molar-refractivity contribution in [3.63, 3.8) is 0 Å². The summed E-state index contributed by atoms with van der Waals surface area (Å²) in [5.41, 5.74) is 0.604. The molecule has 2 heterocycles. The predicted octanol–water partition coefficient (Wildman–Crippen LogP) is 2.63. The second-order valence-electron chi connectivity index (χ2n) is 5.57. The van der Waals surface area contributed by atoms with Gasteiger partial charge in [-0.15, -0.1) is 0 Å². The lowest BCUT2D eigenvalue weighted by Gasteiger charge is -2.35. The number of amides is 1. The Kier molecular flexibility index (Phi) is 4.23. The van der Waals surface area contributed by atoms with Crippen molar-refractivity contribution in [3.8, 4) is 0 Å². The molecular formula is C17H17F2N3O. The SMILES string of the molecule is Cc1ccc(N2CCN(C(=O)c3c(F)cccc3F)CC2)nc1. The van der Waals surface area contributed by atoms with Crippen molar-refractivity contribution < 1.29 is 13.6 Å². The molecule has 0 spiro atoms. The smallest absolute Gasteiger partial charge is 0.259 e. The van der Waals surface area contributed by atoms with E-state index in [0.29, 0.717) is 26.2 Å². The molecule has 1 aromatic carbocycles. The zero-order chi connectivity index (χ0) is 16.4. The quantitative estimate of drug-likeness (QED) is 0.854. The summed E-state index contributed by atoms with van der Waals surface area (Å²) in [4.78, 5) is 20.2. The normalized spacial score (nSPS) is 14.9. The molecule has 120 valence electrons. The van der Waals surface area contributed by atoms with E-state index < -0.39 is 23.1 Å². The maximum Gasteiger partial charge on any atom is 0.259 e. The number of nitrogens with zero attached hydrogens (tertiary/aromatic N) is 3. The van der Waals surface area contributed by atoms with E-state index in [-0.39, 0.29) is 0 Å². The van der Waals surface area contributed by atoms with Gasteiger partial charge >= 0.3 is 0 Å². The summed E-state index contributed by atoms with van der Waals surface area (Å²) < 4.78 is 27.5. The number of hydrogen-bond donors (Lipinski definition) is 0. The standard InChI is InChI=1S/C17H17F2N3O/c1-12-5-6-15(20-11-12)21-7-9-22(10-8-21)17(23)16-13(18)3-2-4-14(16)19/h2-6,11H,7-10H2,1H3. The van der Waals surface area contributed by atoms with Crippen LogP contribution in [0.2, 0.25) is 0 Å². The molecule has 1 fully saturated rings. The van der Waals surface area contributed by atoms with Gasteiger partial charge in [-0.05, 0) is 30.7 Å². The molecule has 1 aliphatic rings. The molecule has 23 heavy (non-hydrogen) atoms. The van der Waals surface area contributed by atoms with Crippen molar-refractivity contribution in [1.82, 2.24) is 9.88 Å². The summed E-state index contributed by atoms with van der Waals surface area (Å²) in [5, 5.41) is 0. The van der Waals surface area contributed by atoms with Gasteiger partial charge < -0.3 is 9.80 Å². The summed E-state index contributed by atoms with van der Waals surface area (Å²) in [6, 6.07) is 7.37. The molecule has 0 unspecified atom stereocenters. The zero-order valence-corrected chi connectivity index (χ0v) is 12.8. The van der Waals surface area contributed by atoms with E-state index in [1.807, 2.05) is 19.1 Å². The summed E-state index contributed by atoms with van der Waals surface area (Å²) in [6.07, 6.45) is 1.79. The molecule has 1 aliphatic heterocycles. The summed E-state index contributed by atoms with van der Waals surface area (Å²) >= 11 is 0. The number of aryl methyl sites for hydroxylation is 1. The molecule has 1 amide bonds. The Hall–Kier alpha value is -2.50. The van der Waals surface area contributed by atoms with Gasteiger partial charge in [-0.1, -0.05) is 12.1 Å². The molecule has 0 atom stereocenters. The number of rotatable bonds is 2. The van der Waals surface area contributed by atoms with E-state index in [1.165, 1.54) is 11.0 Å². The fourth-order valence-electron chi connectivity index (χ4n) is 2.65. The van der Waals surface area contributed by atoms with Gasteiger partial charge in [-0.3, -0.25) is 4.79 Å². The number of hydrogen-bond acceptors (Lipinski definition) is 3. The highest BCUT2D eigenvalue weighted by atomic mass is 19.1. The van der Waals surface area contributed by atoms with Crippen molar-refractivity contribution in [3.05, 3.63) is 59.3 Å². The highest BCUT2D eigenvalue weighted by molar-refractivity contribution is 5.95. The Morgan fingerprint density at radius 1 is 1.04 bits per heavy atom. The lowest BCUT2D eigenvalue weighted by molar-refractivity contribution is 0.0736. The Bertz CT molecular complexity index is 690. The summed E-state index contributed by atoms with van der Waals surface area (Å²) in [7, 11) is 0. The van der Waals surface area contributed by atoms with Gasteiger partial charge in [-0.2, -0.15) is 0 Å². The van der Waals surface area contributed by atoms with Crippen LogP contribution in [0.15, 0.2) is 36.5 Å². The molecule has 4 nitrogen and oxygen atoms in total. The maximum atomic E-state index is 13.7. The van der Waals surface area contributed by atoms with Crippen LogP contribution in [0.1, 0.15) is 15.9 Å². The Morgan fingerprint density at radius 3 is 2.26 bits per heavy atom. The second kappa shape index (κ2) is 6.32. The van der Waals surface area contributed by atoms with Crippen LogP contribution in [0, 0.1) is 18.6 Å². The largest absolute Gasteiger partial charge is 0.353 e. The molecular weight excluding hydrogens is 300 g/mol. The minimum Gasteiger partial charge on any atom is -0.353 e. The first-order valence-electron chi connectivity index (χ1n) is 7.47. The van der Waals surface area contributed by atoms with Crippen LogP contribution in [0.5, 0.6) is 0 Å². The first kappa shape index (κ1) is 15.4. The Balaban J connectivity index is 1.69. The van der Waals surface area contributed by atoms with Gasteiger partial charge in [0.05, 0.1) is 0 Å². The molecule has 0 radical (unpaired) electrons. The van der Waals surface area contributed by atoms with Crippen LogP contribution in [0.25, 0.3) is 0 Å². The first-order chi connectivity index (χ1) is 11.1. The highest BCUT2D eigenvalue weighted by Crippen LogP contribution is 2.18. The van der Waals surface area contributed by atoms with Crippen molar-refractivity contribution in [2.75, 3.05) is 31.1 Å². The summed E-state index contributed by atoms with van der Waals surface area (Å²) in [6.45, 7) is 3.94. The van der Waals surface area contributed by atoms with E-state index in [2.05, 4.69) is 9.88 Å². The lowest BCUT2D eigenvalue weighted by atomic mass is 10.1. The Morgan fingerprint density at radius 2 is 1.70 bits per heavy atom. The maximum absolute atomic E-state index is 13.7. The zero-order valence-electron chi connectivity index (χ0n) is 12.8. The van der Waals surface area contributed by atoms with E-state index >= 15 is 0 Å². The van der Waals surface area contributed by atoms with Crippen molar-refractivity contribution >= 4 is 11.7 Å². The molecule has 0 bridgehead atoms. The monoisotopic (exact) mass is 317 g/mol. The van der Waals surface area contributed by atoms with Gasteiger partial charge in [0, 0.05) is 32.4 Å². The van der Waals surface area contributed by atoms with E-state index in [9.17, 15) is 13.6 Å². The number of aromatic nitrogens is 1. The van der Waals surface area contributed by atoms with Crippen molar-refractivity contribution in [2.24, 2.45) is 0 Å². The van der Waals surface area contributed by atoms with Gasteiger partial charge in [0.15, 0.2) is 0 Å². The third-order valence-corrected chi connectivity index (χ3v) is 3.96. The van der Waals surface area contributed by atoms with Crippen LogP contribution in [0.4, 0.5) is 14.6 Å². The second-order valence-corrected chi connectivity index (χ2v) is 5.57. The third-order valence-electron chi connectivity index (χ3n) is 3.96. The fraction of sp³-hybridized carbons (Fsp3) is 0.294. The number of carbonyl (C=O) groups is 1. The molecule has 0 N–H and O–H groups in total. The molecule has 3 rings (SSSR count). The molecule has 0 aliphatic carbocycles. The van der Waals surface area contributed by atoms with Crippen LogP contribution in [-0.4, -0.2) is 42.0 Å². The van der Waals surface area contributed by atoms with E-state index in [4.69, 9.17) is 0 Å². The first-order valence-corrected chi connectivity index (χ1v) is 7.47. The minimum atomic E-state index is -0.822. The van der Waals surface area contributed by atoms with E-state index in [1.54, 1.807) is 6.20 Å². The van der Waals surface area contributed by atoms with E-state index in [0.717, 1.165) is 23.5 Å². The van der Waals surface area contributed by atoms with Crippen LogP contribution < -0.4 is 4.90 Å². The molecule has 1 aromatic heterocycles. The minimum absolute atomic E-state index is 0.405. The number of benzene rings is 1. The summed E-state index contributed by atoms with van der Waals surface area (Å²) in [5.74, 6) is -1.40. The van der Waals surface area contributed by atoms with Crippen LogP contribution >= 0.6 is 0 Å². The number of carbonyl (C=O) groups excluding carboxylic acids is 1. The molecule has 1 saturated heterocycles. The average Bonchev–Trinajstić information content (AvgIpc) is 2.55. The van der Waals surface area contributed by atoms with Gasteiger partial charge in [0.25, 0.3) is 5.91 Å². The number of anilines is 1. The van der Waals surface area contributed by atoms with Crippen molar-refractivity contribution in [1.29, 1.82) is 0 Å². The lowest BCUT2D eigenvalue weighted by Crippen LogP contribution is -2.49. The topological polar surface area (TPSA) is 36.4 Å².